The highest BCUT2D eigenvalue weighted by molar-refractivity contribution is 9.10. The van der Waals surface area contributed by atoms with Crippen molar-refractivity contribution in [3.63, 3.8) is 0 Å². The maximum absolute atomic E-state index is 6.20. The second-order valence-corrected chi connectivity index (χ2v) is 5.42. The van der Waals surface area contributed by atoms with Crippen LogP contribution in [0.4, 0.5) is 0 Å². The van der Waals surface area contributed by atoms with Crippen molar-refractivity contribution in [1.82, 2.24) is 0 Å². The summed E-state index contributed by atoms with van der Waals surface area (Å²) in [6.45, 7) is 0. The average Bonchev–Trinajstić information content (AvgIpc) is 2.29. The number of hydrogen-bond acceptors (Lipinski definition) is 1. The third-order valence-corrected chi connectivity index (χ3v) is 3.46. The van der Waals surface area contributed by atoms with Crippen LogP contribution in [-0.2, 0) is 0 Å². The number of hydrogen-bond donors (Lipinski definition) is 1. The minimum atomic E-state index is -0.0781. The summed E-state index contributed by atoms with van der Waals surface area (Å²) >= 11 is 6.87. The topological polar surface area (TPSA) is 26.0 Å². The highest BCUT2D eigenvalue weighted by atomic mass is 79.9. The Morgan fingerprint density at radius 2 is 1.50 bits per heavy atom. The predicted molar refractivity (Wildman–Crippen MR) is 74.3 cm³/mol. The van der Waals surface area contributed by atoms with Crippen molar-refractivity contribution in [2.45, 2.75) is 6.04 Å². The number of benzene rings is 2. The molecular formula is C13H11Br2N. The van der Waals surface area contributed by atoms with E-state index in [9.17, 15) is 0 Å². The first-order chi connectivity index (χ1) is 7.66. The Hall–Kier alpha value is -0.640. The van der Waals surface area contributed by atoms with Crippen molar-refractivity contribution < 1.29 is 0 Å². The molecule has 0 aliphatic carbocycles. The molecule has 82 valence electrons. The first kappa shape index (κ1) is 11.8. The fourth-order valence-corrected chi connectivity index (χ4v) is 2.24. The molecule has 0 spiro atoms. The summed E-state index contributed by atoms with van der Waals surface area (Å²) in [5, 5.41) is 0. The average molecular weight is 341 g/mol. The second kappa shape index (κ2) is 5.13. The van der Waals surface area contributed by atoms with Gasteiger partial charge in [-0.2, -0.15) is 0 Å². The molecule has 2 rings (SSSR count). The van der Waals surface area contributed by atoms with Crippen molar-refractivity contribution in [3.05, 3.63) is 68.6 Å². The van der Waals surface area contributed by atoms with Gasteiger partial charge in [0.2, 0.25) is 0 Å². The van der Waals surface area contributed by atoms with Gasteiger partial charge in [0.05, 0.1) is 6.04 Å². The van der Waals surface area contributed by atoms with Crippen molar-refractivity contribution in [2.75, 3.05) is 0 Å². The molecule has 0 fully saturated rings. The molecule has 0 radical (unpaired) electrons. The highest BCUT2D eigenvalue weighted by Crippen LogP contribution is 2.23. The molecule has 2 N–H and O–H groups in total. The third-order valence-electron chi connectivity index (χ3n) is 2.44. The molecule has 1 nitrogen and oxygen atoms in total. The van der Waals surface area contributed by atoms with Crippen LogP contribution in [0.5, 0.6) is 0 Å². The predicted octanol–water partition coefficient (Wildman–Crippen LogP) is 4.26. The van der Waals surface area contributed by atoms with E-state index in [1.54, 1.807) is 0 Å². The Bertz CT molecular complexity index is 480. The lowest BCUT2D eigenvalue weighted by Gasteiger charge is -2.12. The molecule has 0 aliphatic rings. The summed E-state index contributed by atoms with van der Waals surface area (Å²) in [4.78, 5) is 0. The lowest BCUT2D eigenvalue weighted by molar-refractivity contribution is 0.870. The molecule has 2 aromatic carbocycles. The largest absolute Gasteiger partial charge is 0.320 e. The van der Waals surface area contributed by atoms with Gasteiger partial charge in [0.25, 0.3) is 0 Å². The van der Waals surface area contributed by atoms with E-state index in [1.165, 1.54) is 0 Å². The Morgan fingerprint density at radius 1 is 0.812 bits per heavy atom. The van der Waals surface area contributed by atoms with Crippen molar-refractivity contribution >= 4 is 31.9 Å². The Kier molecular flexibility index (Phi) is 3.79. The molecule has 3 heteroatoms. The first-order valence-corrected chi connectivity index (χ1v) is 6.52. The van der Waals surface area contributed by atoms with Crippen LogP contribution in [0.25, 0.3) is 0 Å². The van der Waals surface area contributed by atoms with Gasteiger partial charge in [-0.15, -0.1) is 0 Å². The minimum absolute atomic E-state index is 0.0781. The van der Waals surface area contributed by atoms with Crippen LogP contribution in [0.15, 0.2) is 57.5 Å². The van der Waals surface area contributed by atoms with E-state index in [4.69, 9.17) is 5.73 Å². The zero-order valence-electron chi connectivity index (χ0n) is 8.53. The standard InChI is InChI=1S/C13H11Br2N/c14-11-6-4-9(5-7-11)13(16)10-2-1-3-12(15)8-10/h1-8,13H,16H2. The lowest BCUT2D eigenvalue weighted by Crippen LogP contribution is -2.11. The van der Waals surface area contributed by atoms with Crippen LogP contribution in [0.1, 0.15) is 17.2 Å². The molecule has 0 saturated carbocycles. The summed E-state index contributed by atoms with van der Waals surface area (Å²) in [5.74, 6) is 0. The quantitative estimate of drug-likeness (QED) is 0.868. The Labute approximate surface area is 112 Å². The molecule has 2 aromatic rings. The van der Waals surface area contributed by atoms with E-state index in [1.807, 2.05) is 48.5 Å². The summed E-state index contributed by atoms with van der Waals surface area (Å²) in [6, 6.07) is 16.1. The molecule has 0 amide bonds. The van der Waals surface area contributed by atoms with Gasteiger partial charge >= 0.3 is 0 Å². The van der Waals surface area contributed by atoms with E-state index >= 15 is 0 Å². The monoisotopic (exact) mass is 339 g/mol. The van der Waals surface area contributed by atoms with Gasteiger partial charge in [-0.1, -0.05) is 56.1 Å². The summed E-state index contributed by atoms with van der Waals surface area (Å²) < 4.78 is 2.12. The summed E-state index contributed by atoms with van der Waals surface area (Å²) in [7, 11) is 0. The van der Waals surface area contributed by atoms with Gasteiger partial charge in [-0.25, -0.2) is 0 Å². The van der Waals surface area contributed by atoms with E-state index in [2.05, 4.69) is 31.9 Å². The normalized spacial score (nSPS) is 12.4. The maximum Gasteiger partial charge on any atom is 0.0552 e. The van der Waals surface area contributed by atoms with E-state index in [-0.39, 0.29) is 6.04 Å². The molecule has 1 atom stereocenters. The van der Waals surface area contributed by atoms with Gasteiger partial charge < -0.3 is 5.73 Å². The molecular weight excluding hydrogens is 330 g/mol. The molecule has 0 aromatic heterocycles. The smallest absolute Gasteiger partial charge is 0.0552 e. The Morgan fingerprint density at radius 3 is 2.12 bits per heavy atom. The fraction of sp³-hybridized carbons (Fsp3) is 0.0769. The number of rotatable bonds is 2. The van der Waals surface area contributed by atoms with Gasteiger partial charge in [0.1, 0.15) is 0 Å². The zero-order valence-corrected chi connectivity index (χ0v) is 11.7. The molecule has 16 heavy (non-hydrogen) atoms. The van der Waals surface area contributed by atoms with Crippen LogP contribution in [0.2, 0.25) is 0 Å². The zero-order chi connectivity index (χ0) is 11.5. The number of halogens is 2. The van der Waals surface area contributed by atoms with Gasteiger partial charge in [-0.3, -0.25) is 0 Å². The van der Waals surface area contributed by atoms with Crippen molar-refractivity contribution in [1.29, 1.82) is 0 Å². The van der Waals surface area contributed by atoms with Crippen molar-refractivity contribution in [2.24, 2.45) is 5.73 Å². The second-order valence-electron chi connectivity index (χ2n) is 3.58. The van der Waals surface area contributed by atoms with Crippen LogP contribution in [0.3, 0.4) is 0 Å². The van der Waals surface area contributed by atoms with Crippen molar-refractivity contribution in [3.8, 4) is 0 Å². The van der Waals surface area contributed by atoms with Gasteiger partial charge in [-0.05, 0) is 35.4 Å². The Balaban J connectivity index is 2.31. The van der Waals surface area contributed by atoms with Crippen LogP contribution < -0.4 is 5.73 Å². The van der Waals surface area contributed by atoms with Crippen LogP contribution >= 0.6 is 31.9 Å². The van der Waals surface area contributed by atoms with Crippen LogP contribution in [-0.4, -0.2) is 0 Å². The van der Waals surface area contributed by atoms with E-state index < -0.39 is 0 Å². The molecule has 0 aliphatic heterocycles. The van der Waals surface area contributed by atoms with E-state index in [0.29, 0.717) is 0 Å². The number of nitrogens with two attached hydrogens (primary N) is 1. The minimum Gasteiger partial charge on any atom is -0.320 e. The first-order valence-electron chi connectivity index (χ1n) is 4.93. The maximum atomic E-state index is 6.20. The SMILES string of the molecule is NC(c1ccc(Br)cc1)c1cccc(Br)c1. The van der Waals surface area contributed by atoms with E-state index in [0.717, 1.165) is 20.1 Å². The molecule has 0 bridgehead atoms. The van der Waals surface area contributed by atoms with Gasteiger partial charge in [0, 0.05) is 8.95 Å². The third kappa shape index (κ3) is 2.73. The fourth-order valence-electron chi connectivity index (χ4n) is 1.56. The molecule has 0 heterocycles. The molecule has 0 saturated heterocycles. The summed E-state index contributed by atoms with van der Waals surface area (Å²) in [6.07, 6.45) is 0. The summed E-state index contributed by atoms with van der Waals surface area (Å²) in [5.41, 5.74) is 8.42. The van der Waals surface area contributed by atoms with Gasteiger partial charge in [0.15, 0.2) is 0 Å². The van der Waals surface area contributed by atoms with Crippen LogP contribution in [0, 0.1) is 0 Å². The molecule has 1 unspecified atom stereocenters. The highest BCUT2D eigenvalue weighted by Gasteiger charge is 2.08. The lowest BCUT2D eigenvalue weighted by atomic mass is 10.00.